The van der Waals surface area contributed by atoms with Crippen molar-refractivity contribution in [1.82, 2.24) is 0 Å². The van der Waals surface area contributed by atoms with Crippen LogP contribution in [0.15, 0.2) is 24.3 Å². The van der Waals surface area contributed by atoms with Crippen LogP contribution in [0.1, 0.15) is 16.8 Å². The SMILES string of the molecule is COC(=O)c1ccccc1N1C(=O)CC(SCC(N)C(=O)O)C1=O. The van der Waals surface area contributed by atoms with Crippen LogP contribution in [0.4, 0.5) is 5.69 Å². The number of thioether (sulfide) groups is 1. The van der Waals surface area contributed by atoms with Gasteiger partial charge in [-0.1, -0.05) is 12.1 Å². The smallest absolute Gasteiger partial charge is 0.339 e. The number of imide groups is 1. The van der Waals surface area contributed by atoms with Crippen LogP contribution in [0, 0.1) is 0 Å². The number of benzene rings is 1. The number of carboxylic acid groups (broad SMARTS) is 1. The average molecular weight is 352 g/mol. The monoisotopic (exact) mass is 352 g/mol. The first-order valence-electron chi connectivity index (χ1n) is 7.01. The molecule has 0 saturated carbocycles. The van der Waals surface area contributed by atoms with E-state index in [0.29, 0.717) is 0 Å². The number of anilines is 1. The minimum absolute atomic E-state index is 0.00546. The molecule has 8 nitrogen and oxygen atoms in total. The average Bonchev–Trinajstić information content (AvgIpc) is 2.85. The van der Waals surface area contributed by atoms with Crippen LogP contribution in [0.25, 0.3) is 0 Å². The van der Waals surface area contributed by atoms with Crippen LogP contribution in [0.2, 0.25) is 0 Å². The lowest BCUT2D eigenvalue weighted by Crippen LogP contribution is -2.35. The number of rotatable bonds is 6. The standard InChI is InChI=1S/C15H16N2O6S/c1-23-15(22)8-4-2-3-5-10(8)17-12(18)6-11(13(17)19)24-7-9(16)14(20)21/h2-5,9,11H,6-7,16H2,1H3,(H,20,21). The van der Waals surface area contributed by atoms with Gasteiger partial charge < -0.3 is 15.6 Å². The Hall–Kier alpha value is -2.39. The van der Waals surface area contributed by atoms with Crippen LogP contribution >= 0.6 is 11.8 Å². The molecule has 1 aromatic carbocycles. The van der Waals surface area contributed by atoms with Gasteiger partial charge in [0.25, 0.3) is 0 Å². The first-order chi connectivity index (χ1) is 11.4. The highest BCUT2D eigenvalue weighted by Crippen LogP contribution is 2.32. The van der Waals surface area contributed by atoms with E-state index in [9.17, 15) is 19.2 Å². The number of aliphatic carboxylic acids is 1. The zero-order chi connectivity index (χ0) is 17.9. The Morgan fingerprint density at radius 3 is 2.71 bits per heavy atom. The first-order valence-corrected chi connectivity index (χ1v) is 8.05. The summed E-state index contributed by atoms with van der Waals surface area (Å²) in [5.74, 6) is -2.79. The Balaban J connectivity index is 2.21. The van der Waals surface area contributed by atoms with E-state index < -0.39 is 35.0 Å². The Morgan fingerprint density at radius 1 is 1.42 bits per heavy atom. The maximum absolute atomic E-state index is 12.5. The molecule has 0 aliphatic carbocycles. The number of hydrogen-bond donors (Lipinski definition) is 2. The Labute approximate surface area is 141 Å². The van der Waals surface area contributed by atoms with Crippen molar-refractivity contribution in [3.63, 3.8) is 0 Å². The van der Waals surface area contributed by atoms with Gasteiger partial charge in [0.1, 0.15) is 6.04 Å². The second kappa shape index (κ2) is 7.45. The molecule has 1 heterocycles. The summed E-state index contributed by atoms with van der Waals surface area (Å²) in [6.45, 7) is 0. The molecular weight excluding hydrogens is 336 g/mol. The van der Waals surface area contributed by atoms with Crippen LogP contribution in [0.3, 0.4) is 0 Å². The molecule has 24 heavy (non-hydrogen) atoms. The molecule has 2 rings (SSSR count). The van der Waals surface area contributed by atoms with Crippen molar-refractivity contribution in [1.29, 1.82) is 0 Å². The molecule has 1 saturated heterocycles. The van der Waals surface area contributed by atoms with Crippen molar-refractivity contribution in [2.45, 2.75) is 17.7 Å². The summed E-state index contributed by atoms with van der Waals surface area (Å²) in [5.41, 5.74) is 5.67. The molecule has 9 heteroatoms. The van der Waals surface area contributed by atoms with Gasteiger partial charge in [0.05, 0.1) is 23.6 Å². The molecule has 1 aliphatic heterocycles. The summed E-state index contributed by atoms with van der Waals surface area (Å²) in [7, 11) is 1.21. The van der Waals surface area contributed by atoms with Crippen molar-refractivity contribution in [3.05, 3.63) is 29.8 Å². The molecule has 0 bridgehead atoms. The Bertz CT molecular complexity index is 692. The van der Waals surface area contributed by atoms with E-state index in [1.807, 2.05) is 0 Å². The van der Waals surface area contributed by atoms with Crippen molar-refractivity contribution in [2.75, 3.05) is 17.8 Å². The lowest BCUT2D eigenvalue weighted by molar-refractivity contribution is -0.138. The summed E-state index contributed by atoms with van der Waals surface area (Å²) in [6, 6.07) is 5.03. The van der Waals surface area contributed by atoms with Gasteiger partial charge >= 0.3 is 11.9 Å². The molecular formula is C15H16N2O6S. The fraction of sp³-hybridized carbons (Fsp3) is 0.333. The van der Waals surface area contributed by atoms with E-state index in [1.165, 1.54) is 19.2 Å². The fourth-order valence-electron chi connectivity index (χ4n) is 2.23. The molecule has 0 radical (unpaired) electrons. The first kappa shape index (κ1) is 18.0. The number of methoxy groups -OCH3 is 1. The number of carbonyl (C=O) groups excluding carboxylic acids is 3. The highest BCUT2D eigenvalue weighted by atomic mass is 32.2. The minimum Gasteiger partial charge on any atom is -0.480 e. The van der Waals surface area contributed by atoms with Crippen LogP contribution < -0.4 is 10.6 Å². The van der Waals surface area contributed by atoms with E-state index in [1.54, 1.807) is 12.1 Å². The number of amides is 2. The predicted molar refractivity (Wildman–Crippen MR) is 86.7 cm³/mol. The molecule has 1 fully saturated rings. The zero-order valence-electron chi connectivity index (χ0n) is 12.8. The van der Waals surface area contributed by atoms with Crippen LogP contribution in [-0.4, -0.2) is 53.0 Å². The molecule has 3 N–H and O–H groups in total. The molecule has 2 atom stereocenters. The van der Waals surface area contributed by atoms with Gasteiger partial charge in [-0.15, -0.1) is 11.8 Å². The maximum Gasteiger partial charge on any atom is 0.339 e. The molecule has 0 spiro atoms. The summed E-state index contributed by atoms with van der Waals surface area (Å²) in [6.07, 6.45) is -0.0780. The van der Waals surface area contributed by atoms with Gasteiger partial charge in [-0.25, -0.2) is 9.69 Å². The third-order valence-electron chi connectivity index (χ3n) is 3.45. The number of carbonyl (C=O) groups is 4. The van der Waals surface area contributed by atoms with Gasteiger partial charge in [-0.3, -0.25) is 14.4 Å². The van der Waals surface area contributed by atoms with Crippen molar-refractivity contribution in [2.24, 2.45) is 5.73 Å². The molecule has 2 unspecified atom stereocenters. The Morgan fingerprint density at radius 2 is 2.08 bits per heavy atom. The Kier molecular flexibility index (Phi) is 5.58. The van der Waals surface area contributed by atoms with Gasteiger partial charge in [-0.05, 0) is 12.1 Å². The topological polar surface area (TPSA) is 127 Å². The predicted octanol–water partition coefficient (Wildman–Crippen LogP) is 0.250. The van der Waals surface area contributed by atoms with E-state index in [-0.39, 0.29) is 23.4 Å². The van der Waals surface area contributed by atoms with Gasteiger partial charge in [-0.2, -0.15) is 0 Å². The third-order valence-corrected chi connectivity index (χ3v) is 4.77. The van der Waals surface area contributed by atoms with Crippen LogP contribution in [0.5, 0.6) is 0 Å². The molecule has 1 aliphatic rings. The second-order valence-electron chi connectivity index (χ2n) is 5.05. The molecule has 0 aromatic heterocycles. The van der Waals surface area contributed by atoms with Gasteiger partial charge in [0, 0.05) is 12.2 Å². The number of nitrogens with two attached hydrogens (primary N) is 1. The van der Waals surface area contributed by atoms with Gasteiger partial charge in [0.15, 0.2) is 0 Å². The third kappa shape index (κ3) is 3.57. The number of carboxylic acids is 1. The summed E-state index contributed by atoms with van der Waals surface area (Å²) in [5, 5.41) is 8.05. The minimum atomic E-state index is -1.17. The van der Waals surface area contributed by atoms with Crippen molar-refractivity contribution >= 4 is 41.2 Å². The van der Waals surface area contributed by atoms with E-state index >= 15 is 0 Å². The number of nitrogens with zero attached hydrogens (tertiary/aromatic N) is 1. The number of esters is 1. The number of para-hydroxylation sites is 1. The van der Waals surface area contributed by atoms with E-state index in [0.717, 1.165) is 16.7 Å². The van der Waals surface area contributed by atoms with Crippen molar-refractivity contribution in [3.8, 4) is 0 Å². The lowest BCUT2D eigenvalue weighted by Gasteiger charge is -2.18. The molecule has 1 aromatic rings. The van der Waals surface area contributed by atoms with Crippen LogP contribution in [-0.2, 0) is 19.1 Å². The summed E-state index contributed by atoms with van der Waals surface area (Å²) in [4.78, 5) is 48.2. The maximum atomic E-state index is 12.5. The highest BCUT2D eigenvalue weighted by molar-refractivity contribution is 8.00. The van der Waals surface area contributed by atoms with Gasteiger partial charge in [0.2, 0.25) is 11.8 Å². The second-order valence-corrected chi connectivity index (χ2v) is 6.28. The van der Waals surface area contributed by atoms with E-state index in [4.69, 9.17) is 10.8 Å². The molecule has 128 valence electrons. The lowest BCUT2D eigenvalue weighted by atomic mass is 10.1. The quantitative estimate of drug-likeness (QED) is 0.551. The zero-order valence-corrected chi connectivity index (χ0v) is 13.6. The number of ether oxygens (including phenoxy) is 1. The fourth-order valence-corrected chi connectivity index (χ4v) is 3.32. The van der Waals surface area contributed by atoms with Crippen molar-refractivity contribution < 1.29 is 29.0 Å². The largest absolute Gasteiger partial charge is 0.480 e. The summed E-state index contributed by atoms with van der Waals surface area (Å²) >= 11 is 1.02. The highest BCUT2D eigenvalue weighted by Gasteiger charge is 2.41. The molecule has 2 amide bonds. The number of hydrogen-bond acceptors (Lipinski definition) is 7. The normalized spacial score (nSPS) is 18.6. The van der Waals surface area contributed by atoms with E-state index in [2.05, 4.69) is 4.74 Å². The summed E-state index contributed by atoms with van der Waals surface area (Å²) < 4.78 is 4.66.